The van der Waals surface area contributed by atoms with Gasteiger partial charge in [-0.05, 0) is 0 Å². The maximum atomic E-state index is 12.8. The van der Waals surface area contributed by atoms with E-state index >= 15 is 0 Å². The maximum absolute atomic E-state index is 12.8. The Morgan fingerprint density at radius 1 is 1.21 bits per heavy atom. The zero-order valence-electron chi connectivity index (χ0n) is 7.48. The average molecular weight is 199 g/mol. The molecule has 0 amide bonds. The molecule has 0 aromatic carbocycles. The highest BCUT2D eigenvalue weighted by atomic mass is 19.1. The number of nitrogen functional groups attached to an aromatic ring is 1. The topological polar surface area (TPSA) is 77.2 Å². The largest absolute Gasteiger partial charge is 0.378 e. The van der Waals surface area contributed by atoms with Crippen LogP contribution >= 0.6 is 0 Å². The third-order valence-electron chi connectivity index (χ3n) is 1.91. The summed E-state index contributed by atoms with van der Waals surface area (Å²) < 4.78 is 17.9. The fourth-order valence-corrected chi connectivity index (χ4v) is 1.26. The van der Waals surface area contributed by atoms with Crippen LogP contribution in [-0.4, -0.2) is 41.3 Å². The van der Waals surface area contributed by atoms with Gasteiger partial charge in [0.15, 0.2) is 0 Å². The Morgan fingerprint density at radius 2 is 1.93 bits per heavy atom. The van der Waals surface area contributed by atoms with Crippen molar-refractivity contribution in [1.29, 1.82) is 0 Å². The fraction of sp³-hybridized carbons (Fsp3) is 0.571. The van der Waals surface area contributed by atoms with Crippen molar-refractivity contribution in [2.24, 2.45) is 0 Å². The van der Waals surface area contributed by atoms with E-state index < -0.39 is 6.08 Å². The van der Waals surface area contributed by atoms with Crippen LogP contribution in [0.4, 0.5) is 16.3 Å². The summed E-state index contributed by atoms with van der Waals surface area (Å²) in [5.74, 6) is 0.178. The number of aromatic nitrogens is 3. The number of halogens is 1. The van der Waals surface area contributed by atoms with Crippen molar-refractivity contribution in [3.05, 3.63) is 6.08 Å². The molecule has 1 aromatic rings. The highest BCUT2D eigenvalue weighted by Crippen LogP contribution is 2.10. The lowest BCUT2D eigenvalue weighted by Crippen LogP contribution is -2.37. The quantitative estimate of drug-likeness (QED) is 0.652. The van der Waals surface area contributed by atoms with Crippen LogP contribution in [0.1, 0.15) is 0 Å². The summed E-state index contributed by atoms with van der Waals surface area (Å²) >= 11 is 0. The Hall–Kier alpha value is -1.50. The first-order chi connectivity index (χ1) is 6.75. The average Bonchev–Trinajstić information content (AvgIpc) is 2.18. The second-order valence-corrected chi connectivity index (χ2v) is 2.86. The van der Waals surface area contributed by atoms with Gasteiger partial charge in [-0.25, -0.2) is 0 Å². The molecule has 0 saturated carbocycles. The van der Waals surface area contributed by atoms with Gasteiger partial charge in [-0.15, -0.1) is 0 Å². The minimum Gasteiger partial charge on any atom is -0.378 e. The molecule has 7 heteroatoms. The number of nitrogens with zero attached hydrogens (tertiary/aromatic N) is 4. The van der Waals surface area contributed by atoms with Gasteiger partial charge in [0.2, 0.25) is 11.9 Å². The molecule has 1 saturated heterocycles. The second kappa shape index (κ2) is 3.70. The van der Waals surface area contributed by atoms with Crippen molar-refractivity contribution in [2.45, 2.75) is 0 Å². The summed E-state index contributed by atoms with van der Waals surface area (Å²) in [4.78, 5) is 12.5. The minimum absolute atomic E-state index is 0.0982. The predicted molar refractivity (Wildman–Crippen MR) is 47.2 cm³/mol. The lowest BCUT2D eigenvalue weighted by Gasteiger charge is -2.26. The summed E-state index contributed by atoms with van der Waals surface area (Å²) in [6.45, 7) is 2.46. The van der Waals surface area contributed by atoms with E-state index in [1.807, 2.05) is 4.90 Å². The van der Waals surface area contributed by atoms with Crippen LogP contribution in [0.5, 0.6) is 0 Å². The predicted octanol–water partition coefficient (Wildman–Crippen LogP) is -0.571. The summed E-state index contributed by atoms with van der Waals surface area (Å²) in [6, 6.07) is 0. The Kier molecular flexibility index (Phi) is 2.40. The third-order valence-corrected chi connectivity index (χ3v) is 1.91. The van der Waals surface area contributed by atoms with E-state index in [-0.39, 0.29) is 11.9 Å². The number of morpholine rings is 1. The molecule has 14 heavy (non-hydrogen) atoms. The van der Waals surface area contributed by atoms with E-state index in [1.54, 1.807) is 0 Å². The highest BCUT2D eigenvalue weighted by Gasteiger charge is 2.15. The van der Waals surface area contributed by atoms with Crippen LogP contribution in [0, 0.1) is 6.08 Å². The molecule has 0 bridgehead atoms. The Labute approximate surface area is 79.9 Å². The molecule has 2 rings (SSSR count). The monoisotopic (exact) mass is 199 g/mol. The molecule has 1 aliphatic rings. The molecule has 76 valence electrons. The van der Waals surface area contributed by atoms with Gasteiger partial charge in [-0.2, -0.15) is 19.3 Å². The van der Waals surface area contributed by atoms with Gasteiger partial charge < -0.3 is 15.4 Å². The molecule has 2 N–H and O–H groups in total. The minimum atomic E-state index is -0.848. The van der Waals surface area contributed by atoms with E-state index in [2.05, 4.69) is 15.0 Å². The molecular formula is C7H10FN5O. The number of nitrogens with two attached hydrogens (primary N) is 1. The standard InChI is InChI=1S/C7H10FN5O/c8-5-10-6(9)12-7(11-5)13-1-3-14-4-2-13/h1-4H2,(H2,9,10,11,12). The van der Waals surface area contributed by atoms with Crippen LogP contribution < -0.4 is 10.6 Å². The number of hydrogen-bond donors (Lipinski definition) is 1. The van der Waals surface area contributed by atoms with Crippen LogP contribution in [0.3, 0.4) is 0 Å². The molecule has 0 unspecified atom stereocenters. The smallest absolute Gasteiger partial charge is 0.315 e. The molecule has 6 nitrogen and oxygen atoms in total. The molecule has 2 heterocycles. The van der Waals surface area contributed by atoms with Gasteiger partial charge in [-0.3, -0.25) is 0 Å². The zero-order chi connectivity index (χ0) is 9.97. The van der Waals surface area contributed by atoms with Crippen molar-refractivity contribution in [3.63, 3.8) is 0 Å². The SMILES string of the molecule is Nc1nc(F)nc(N2CCOCC2)n1. The first kappa shape index (κ1) is 9.07. The Morgan fingerprint density at radius 3 is 2.57 bits per heavy atom. The molecule has 1 aromatic heterocycles. The molecular weight excluding hydrogens is 189 g/mol. The zero-order valence-corrected chi connectivity index (χ0v) is 7.48. The van der Waals surface area contributed by atoms with Crippen LogP contribution in [0.25, 0.3) is 0 Å². The van der Waals surface area contributed by atoms with Crippen molar-refractivity contribution >= 4 is 11.9 Å². The van der Waals surface area contributed by atoms with Crippen molar-refractivity contribution in [1.82, 2.24) is 15.0 Å². The number of hydrogen-bond acceptors (Lipinski definition) is 6. The first-order valence-corrected chi connectivity index (χ1v) is 4.25. The van der Waals surface area contributed by atoms with Gasteiger partial charge >= 0.3 is 6.08 Å². The summed E-state index contributed by atoms with van der Waals surface area (Å²) in [5.41, 5.74) is 5.31. The Bertz CT molecular complexity index is 308. The molecule has 1 fully saturated rings. The molecule has 1 aliphatic heterocycles. The highest BCUT2D eigenvalue weighted by molar-refractivity contribution is 5.33. The first-order valence-electron chi connectivity index (χ1n) is 4.25. The number of ether oxygens (including phenoxy) is 1. The summed E-state index contributed by atoms with van der Waals surface area (Å²) in [7, 11) is 0. The summed E-state index contributed by atoms with van der Waals surface area (Å²) in [6.07, 6.45) is -0.848. The number of anilines is 2. The fourth-order valence-electron chi connectivity index (χ4n) is 1.26. The van der Waals surface area contributed by atoms with Gasteiger partial charge in [0.1, 0.15) is 0 Å². The van der Waals surface area contributed by atoms with Gasteiger partial charge in [0.25, 0.3) is 0 Å². The molecule has 0 atom stereocenters. The van der Waals surface area contributed by atoms with Crippen LogP contribution in [-0.2, 0) is 4.74 Å². The molecule has 0 spiro atoms. The van der Waals surface area contributed by atoms with Crippen LogP contribution in [0.15, 0.2) is 0 Å². The molecule has 0 radical (unpaired) electrons. The third kappa shape index (κ3) is 1.87. The maximum Gasteiger partial charge on any atom is 0.315 e. The van der Waals surface area contributed by atoms with E-state index in [4.69, 9.17) is 10.5 Å². The second-order valence-electron chi connectivity index (χ2n) is 2.86. The van der Waals surface area contributed by atoms with Gasteiger partial charge in [-0.1, -0.05) is 0 Å². The van der Waals surface area contributed by atoms with E-state index in [9.17, 15) is 4.39 Å². The molecule has 0 aliphatic carbocycles. The lowest BCUT2D eigenvalue weighted by molar-refractivity contribution is 0.122. The van der Waals surface area contributed by atoms with Gasteiger partial charge in [0.05, 0.1) is 13.2 Å². The van der Waals surface area contributed by atoms with E-state index in [1.165, 1.54) is 0 Å². The van der Waals surface area contributed by atoms with Crippen molar-refractivity contribution in [2.75, 3.05) is 36.9 Å². The normalized spacial score (nSPS) is 17.1. The van der Waals surface area contributed by atoms with Gasteiger partial charge in [0, 0.05) is 13.1 Å². The Balaban J connectivity index is 2.21. The summed E-state index contributed by atoms with van der Waals surface area (Å²) in [5, 5.41) is 0. The van der Waals surface area contributed by atoms with E-state index in [0.29, 0.717) is 26.3 Å². The van der Waals surface area contributed by atoms with Crippen LogP contribution in [0.2, 0.25) is 0 Å². The lowest BCUT2D eigenvalue weighted by atomic mass is 10.4. The number of rotatable bonds is 1. The van der Waals surface area contributed by atoms with Crippen molar-refractivity contribution < 1.29 is 9.13 Å². The van der Waals surface area contributed by atoms with Crippen molar-refractivity contribution in [3.8, 4) is 0 Å². The van der Waals surface area contributed by atoms with E-state index in [0.717, 1.165) is 0 Å².